The summed E-state index contributed by atoms with van der Waals surface area (Å²) in [6.45, 7) is 3.18. The van der Waals surface area contributed by atoms with Crippen molar-refractivity contribution < 1.29 is 4.79 Å². The van der Waals surface area contributed by atoms with Gasteiger partial charge in [0.15, 0.2) is 0 Å². The van der Waals surface area contributed by atoms with Crippen molar-refractivity contribution in [2.75, 3.05) is 11.9 Å². The quantitative estimate of drug-likeness (QED) is 0.728. The van der Waals surface area contributed by atoms with E-state index in [9.17, 15) is 4.79 Å². The number of nitrogens with one attached hydrogen (secondary N) is 2. The second-order valence-electron chi connectivity index (χ2n) is 5.19. The highest BCUT2D eigenvalue weighted by Crippen LogP contribution is 2.16. The largest absolute Gasteiger partial charge is 0.336 e. The number of fused-ring (bicyclic) bond motifs is 1. The number of halogens is 1. The molecule has 0 atom stereocenters. The molecule has 0 aliphatic carbocycles. The van der Waals surface area contributed by atoms with E-state index >= 15 is 0 Å². The SMILES string of the molecule is Cc1nc2ccccc2n1CCNC(=O)Nc1cccc(Br)c1. The van der Waals surface area contributed by atoms with Crippen molar-refractivity contribution in [3.05, 3.63) is 58.8 Å². The second kappa shape index (κ2) is 6.83. The maximum atomic E-state index is 11.9. The molecular weight excluding hydrogens is 356 g/mol. The van der Waals surface area contributed by atoms with Gasteiger partial charge in [0.25, 0.3) is 0 Å². The zero-order valence-electron chi connectivity index (χ0n) is 12.7. The van der Waals surface area contributed by atoms with Gasteiger partial charge in [-0.3, -0.25) is 0 Å². The molecule has 0 fully saturated rings. The van der Waals surface area contributed by atoms with Crippen LogP contribution in [-0.2, 0) is 6.54 Å². The average molecular weight is 373 g/mol. The number of rotatable bonds is 4. The summed E-state index contributed by atoms with van der Waals surface area (Å²) in [6.07, 6.45) is 0. The number of nitrogens with zero attached hydrogens (tertiary/aromatic N) is 2. The number of para-hydroxylation sites is 2. The Morgan fingerprint density at radius 1 is 1.22 bits per heavy atom. The number of benzene rings is 2. The molecule has 2 aromatic carbocycles. The third-order valence-electron chi connectivity index (χ3n) is 3.55. The molecule has 0 saturated heterocycles. The molecule has 0 aliphatic heterocycles. The number of hydrogen-bond acceptors (Lipinski definition) is 2. The lowest BCUT2D eigenvalue weighted by atomic mass is 10.3. The molecule has 0 unspecified atom stereocenters. The van der Waals surface area contributed by atoms with E-state index in [1.807, 2.05) is 55.5 Å². The summed E-state index contributed by atoms with van der Waals surface area (Å²) in [4.78, 5) is 16.5. The lowest BCUT2D eigenvalue weighted by molar-refractivity contribution is 0.251. The van der Waals surface area contributed by atoms with Crippen LogP contribution >= 0.6 is 15.9 Å². The van der Waals surface area contributed by atoms with Crippen molar-refractivity contribution >= 4 is 38.7 Å². The molecule has 0 radical (unpaired) electrons. The summed E-state index contributed by atoms with van der Waals surface area (Å²) >= 11 is 3.38. The van der Waals surface area contributed by atoms with Crippen LogP contribution in [0.5, 0.6) is 0 Å². The van der Waals surface area contributed by atoms with Crippen molar-refractivity contribution in [3.63, 3.8) is 0 Å². The number of urea groups is 1. The van der Waals surface area contributed by atoms with Gasteiger partial charge in [0.05, 0.1) is 11.0 Å². The van der Waals surface area contributed by atoms with Crippen molar-refractivity contribution in [2.24, 2.45) is 0 Å². The van der Waals surface area contributed by atoms with Crippen LogP contribution in [0.25, 0.3) is 11.0 Å². The Hall–Kier alpha value is -2.34. The average Bonchev–Trinajstić information content (AvgIpc) is 2.83. The molecule has 0 saturated carbocycles. The predicted molar refractivity (Wildman–Crippen MR) is 95.6 cm³/mol. The molecule has 0 bridgehead atoms. The molecular formula is C17H17BrN4O. The maximum absolute atomic E-state index is 11.9. The van der Waals surface area contributed by atoms with Crippen LogP contribution in [0.15, 0.2) is 53.0 Å². The number of amides is 2. The molecule has 23 heavy (non-hydrogen) atoms. The number of carbonyl (C=O) groups is 1. The van der Waals surface area contributed by atoms with Crippen LogP contribution in [0, 0.1) is 6.92 Å². The minimum Gasteiger partial charge on any atom is -0.336 e. The summed E-state index contributed by atoms with van der Waals surface area (Å²) in [5, 5.41) is 5.68. The number of imidazole rings is 1. The Morgan fingerprint density at radius 2 is 2.04 bits per heavy atom. The van der Waals surface area contributed by atoms with Gasteiger partial charge >= 0.3 is 6.03 Å². The summed E-state index contributed by atoms with van der Waals surface area (Å²) in [5.41, 5.74) is 2.81. The van der Waals surface area contributed by atoms with E-state index in [0.29, 0.717) is 13.1 Å². The zero-order valence-corrected chi connectivity index (χ0v) is 14.3. The fourth-order valence-electron chi connectivity index (χ4n) is 2.50. The molecule has 2 amide bonds. The number of carbonyl (C=O) groups excluding carboxylic acids is 1. The normalized spacial score (nSPS) is 10.7. The first-order chi connectivity index (χ1) is 11.1. The zero-order chi connectivity index (χ0) is 16.2. The molecule has 6 heteroatoms. The monoisotopic (exact) mass is 372 g/mol. The van der Waals surface area contributed by atoms with Gasteiger partial charge in [-0.05, 0) is 37.3 Å². The minimum absolute atomic E-state index is 0.217. The van der Waals surface area contributed by atoms with Gasteiger partial charge in [0.2, 0.25) is 0 Å². The Labute approximate surface area is 142 Å². The summed E-state index contributed by atoms with van der Waals surface area (Å²) < 4.78 is 3.03. The first-order valence-corrected chi connectivity index (χ1v) is 8.15. The van der Waals surface area contributed by atoms with E-state index in [1.54, 1.807) is 0 Å². The lowest BCUT2D eigenvalue weighted by Gasteiger charge is -2.10. The number of anilines is 1. The molecule has 1 heterocycles. The molecule has 0 spiro atoms. The Balaban J connectivity index is 1.58. The molecule has 1 aromatic heterocycles. The molecule has 2 N–H and O–H groups in total. The van der Waals surface area contributed by atoms with Gasteiger partial charge in [0.1, 0.15) is 5.82 Å². The van der Waals surface area contributed by atoms with Crippen LogP contribution in [0.1, 0.15) is 5.82 Å². The van der Waals surface area contributed by atoms with Gasteiger partial charge in [-0.1, -0.05) is 34.1 Å². The highest BCUT2D eigenvalue weighted by atomic mass is 79.9. The van der Waals surface area contributed by atoms with Gasteiger partial charge in [-0.2, -0.15) is 0 Å². The highest BCUT2D eigenvalue weighted by molar-refractivity contribution is 9.10. The first-order valence-electron chi connectivity index (χ1n) is 7.36. The topological polar surface area (TPSA) is 59.0 Å². The third-order valence-corrected chi connectivity index (χ3v) is 4.04. The number of aromatic nitrogens is 2. The van der Waals surface area contributed by atoms with E-state index in [0.717, 1.165) is 27.0 Å². The second-order valence-corrected chi connectivity index (χ2v) is 6.11. The van der Waals surface area contributed by atoms with Crippen molar-refractivity contribution in [3.8, 4) is 0 Å². The van der Waals surface area contributed by atoms with Gasteiger partial charge in [-0.15, -0.1) is 0 Å². The fraction of sp³-hybridized carbons (Fsp3) is 0.176. The minimum atomic E-state index is -0.217. The molecule has 118 valence electrons. The Morgan fingerprint density at radius 3 is 2.87 bits per heavy atom. The van der Waals surface area contributed by atoms with Gasteiger partial charge < -0.3 is 15.2 Å². The number of hydrogen-bond donors (Lipinski definition) is 2. The van der Waals surface area contributed by atoms with E-state index in [4.69, 9.17) is 0 Å². The van der Waals surface area contributed by atoms with E-state index in [2.05, 4.69) is 36.1 Å². The smallest absolute Gasteiger partial charge is 0.319 e. The Kier molecular flexibility index (Phi) is 4.62. The van der Waals surface area contributed by atoms with Crippen molar-refractivity contribution in [1.29, 1.82) is 0 Å². The summed E-state index contributed by atoms with van der Waals surface area (Å²) in [5.74, 6) is 0.945. The van der Waals surface area contributed by atoms with E-state index < -0.39 is 0 Å². The molecule has 0 aliphatic rings. The maximum Gasteiger partial charge on any atom is 0.319 e. The van der Waals surface area contributed by atoms with E-state index in [1.165, 1.54) is 0 Å². The van der Waals surface area contributed by atoms with Crippen LogP contribution < -0.4 is 10.6 Å². The standard InChI is InChI=1S/C17H17BrN4O/c1-12-20-15-7-2-3-8-16(15)22(12)10-9-19-17(23)21-14-6-4-5-13(18)11-14/h2-8,11H,9-10H2,1H3,(H2,19,21,23). The summed E-state index contributed by atoms with van der Waals surface area (Å²) in [7, 11) is 0. The van der Waals surface area contributed by atoms with Crippen LogP contribution in [0.2, 0.25) is 0 Å². The summed E-state index contributed by atoms with van der Waals surface area (Å²) in [6, 6.07) is 15.3. The van der Waals surface area contributed by atoms with Crippen LogP contribution in [0.4, 0.5) is 10.5 Å². The molecule has 5 nitrogen and oxygen atoms in total. The third kappa shape index (κ3) is 3.71. The van der Waals surface area contributed by atoms with Gasteiger partial charge in [-0.25, -0.2) is 9.78 Å². The van der Waals surface area contributed by atoms with Crippen LogP contribution in [0.3, 0.4) is 0 Å². The fourth-order valence-corrected chi connectivity index (χ4v) is 2.90. The van der Waals surface area contributed by atoms with E-state index in [-0.39, 0.29) is 6.03 Å². The van der Waals surface area contributed by atoms with Crippen LogP contribution in [-0.4, -0.2) is 22.1 Å². The van der Waals surface area contributed by atoms with Gasteiger partial charge in [0, 0.05) is 23.2 Å². The lowest BCUT2D eigenvalue weighted by Crippen LogP contribution is -2.31. The van der Waals surface area contributed by atoms with Crippen molar-refractivity contribution in [2.45, 2.75) is 13.5 Å². The Bertz CT molecular complexity index is 843. The van der Waals surface area contributed by atoms with Crippen molar-refractivity contribution in [1.82, 2.24) is 14.9 Å². The first kappa shape index (κ1) is 15.6. The number of aryl methyl sites for hydroxylation is 1. The molecule has 3 aromatic rings. The molecule has 3 rings (SSSR count). The predicted octanol–water partition coefficient (Wildman–Crippen LogP) is 3.93. The highest BCUT2D eigenvalue weighted by Gasteiger charge is 2.07.